The van der Waals surface area contributed by atoms with E-state index in [-0.39, 0.29) is 67.8 Å². The molecule has 1 rings (SSSR count). The zero-order chi connectivity index (χ0) is 7.61. The molecule has 95 valence electrons. The molecule has 0 bridgehead atoms. The average molecular weight is 294 g/mol. The molecule has 1 radical (unpaired) electrons. The summed E-state index contributed by atoms with van der Waals surface area (Å²) in [6, 6.07) is 0. The molecule has 1 saturated heterocycles. The molecule has 1 aliphatic rings. The largest absolute Gasteiger partial charge is 0.336 e. The van der Waals surface area contributed by atoms with Crippen LogP contribution in [0.2, 0.25) is 0 Å². The van der Waals surface area contributed by atoms with Crippen LogP contribution in [0.5, 0.6) is 0 Å². The third kappa shape index (κ3) is 9.92. The monoisotopic (exact) mass is 294 g/mol. The normalized spacial score (nSPS) is 17.8. The van der Waals surface area contributed by atoms with Crippen molar-refractivity contribution in [3.8, 4) is 0 Å². The SMILES string of the molecule is C.C.C.C.[CH2-]C1(CN)CCN(C)CC1.[Y]. The van der Waals surface area contributed by atoms with E-state index in [0.717, 1.165) is 32.5 Å². The van der Waals surface area contributed by atoms with Crippen LogP contribution in [0.25, 0.3) is 0 Å². The van der Waals surface area contributed by atoms with Crippen molar-refractivity contribution in [2.24, 2.45) is 11.1 Å². The van der Waals surface area contributed by atoms with Crippen LogP contribution in [0.1, 0.15) is 42.5 Å². The summed E-state index contributed by atoms with van der Waals surface area (Å²) in [5.41, 5.74) is 5.79. The van der Waals surface area contributed by atoms with Crippen LogP contribution in [0.15, 0.2) is 0 Å². The van der Waals surface area contributed by atoms with Gasteiger partial charge in [-0.1, -0.05) is 42.5 Å². The van der Waals surface area contributed by atoms with Crippen LogP contribution in [0, 0.1) is 12.3 Å². The second kappa shape index (κ2) is 13.1. The van der Waals surface area contributed by atoms with Crippen molar-refractivity contribution >= 4 is 0 Å². The molecule has 1 aliphatic heterocycles. The Labute approximate surface area is 124 Å². The Bertz CT molecular complexity index is 110. The van der Waals surface area contributed by atoms with E-state index in [9.17, 15) is 0 Å². The Morgan fingerprint density at radius 3 is 1.73 bits per heavy atom. The number of rotatable bonds is 1. The minimum absolute atomic E-state index is 0. The summed E-state index contributed by atoms with van der Waals surface area (Å²) in [4.78, 5) is 2.33. The summed E-state index contributed by atoms with van der Waals surface area (Å²) in [6.07, 6.45) is 2.31. The van der Waals surface area contributed by atoms with Gasteiger partial charge in [0.1, 0.15) is 0 Å². The first-order valence-electron chi connectivity index (χ1n) is 3.90. The summed E-state index contributed by atoms with van der Waals surface area (Å²) in [7, 11) is 2.15. The van der Waals surface area contributed by atoms with Gasteiger partial charge in [0, 0.05) is 32.7 Å². The van der Waals surface area contributed by atoms with Gasteiger partial charge >= 0.3 is 0 Å². The van der Waals surface area contributed by atoms with Crippen molar-refractivity contribution in [2.45, 2.75) is 42.5 Å². The van der Waals surface area contributed by atoms with E-state index in [2.05, 4.69) is 18.9 Å². The van der Waals surface area contributed by atoms with Gasteiger partial charge in [0.2, 0.25) is 0 Å². The minimum atomic E-state index is 0. The molecule has 0 saturated carbocycles. The molecule has 1 heterocycles. The topological polar surface area (TPSA) is 29.3 Å². The van der Waals surface area contributed by atoms with Crippen LogP contribution >= 0.6 is 0 Å². The number of hydrogen-bond donors (Lipinski definition) is 1. The van der Waals surface area contributed by atoms with Crippen molar-refractivity contribution in [3.05, 3.63) is 6.92 Å². The number of nitrogens with two attached hydrogens (primary N) is 1. The fraction of sp³-hybridized carbons (Fsp3) is 0.917. The number of piperidine rings is 1. The maximum atomic E-state index is 5.60. The molecule has 0 unspecified atom stereocenters. The maximum absolute atomic E-state index is 5.60. The van der Waals surface area contributed by atoms with Crippen LogP contribution in [-0.4, -0.2) is 31.6 Å². The van der Waals surface area contributed by atoms with Crippen molar-refractivity contribution in [1.29, 1.82) is 0 Å². The number of hydrogen-bond acceptors (Lipinski definition) is 2. The molecule has 0 atom stereocenters. The van der Waals surface area contributed by atoms with Gasteiger partial charge in [-0.3, -0.25) is 0 Å². The Morgan fingerprint density at radius 2 is 1.47 bits per heavy atom. The van der Waals surface area contributed by atoms with E-state index in [4.69, 9.17) is 5.73 Å². The first kappa shape index (κ1) is 29.8. The van der Waals surface area contributed by atoms with Gasteiger partial charge in [-0.15, -0.1) is 5.41 Å². The van der Waals surface area contributed by atoms with Gasteiger partial charge < -0.3 is 17.6 Å². The second-order valence-corrected chi connectivity index (χ2v) is 3.51. The van der Waals surface area contributed by atoms with E-state index in [0.29, 0.717) is 0 Å². The molecule has 2 nitrogen and oxygen atoms in total. The van der Waals surface area contributed by atoms with Gasteiger partial charge in [-0.2, -0.15) is 0 Å². The standard InChI is InChI=1S/C8H17N2.4CH4.Y/c1-8(7-9)3-5-10(2)6-4-8;;;;;/h1,3-7,9H2,2H3;4*1H4;/q-1;;;;;. The van der Waals surface area contributed by atoms with E-state index in [1.165, 1.54) is 0 Å². The minimum Gasteiger partial charge on any atom is -0.336 e. The van der Waals surface area contributed by atoms with E-state index in [1.54, 1.807) is 0 Å². The van der Waals surface area contributed by atoms with Crippen LogP contribution < -0.4 is 5.73 Å². The predicted molar refractivity (Wildman–Crippen MR) is 70.5 cm³/mol. The van der Waals surface area contributed by atoms with Gasteiger partial charge in [0.05, 0.1) is 0 Å². The molecule has 2 N–H and O–H groups in total. The molecule has 0 aromatic carbocycles. The van der Waals surface area contributed by atoms with Gasteiger partial charge in [-0.25, -0.2) is 0 Å². The predicted octanol–water partition coefficient (Wildman–Crippen LogP) is 3.03. The molecule has 1 fully saturated rings. The molecule has 15 heavy (non-hydrogen) atoms. The Balaban J connectivity index is -0.0000000667. The zero-order valence-electron chi connectivity index (χ0n) is 7.34. The first-order valence-corrected chi connectivity index (χ1v) is 3.90. The van der Waals surface area contributed by atoms with E-state index >= 15 is 0 Å². The maximum Gasteiger partial charge on any atom is 0 e. The Morgan fingerprint density at radius 1 is 1.13 bits per heavy atom. The fourth-order valence-corrected chi connectivity index (χ4v) is 1.30. The molecule has 0 aromatic heterocycles. The summed E-state index contributed by atoms with van der Waals surface area (Å²) < 4.78 is 0. The molecule has 0 spiro atoms. The van der Waals surface area contributed by atoms with Crippen molar-refractivity contribution in [1.82, 2.24) is 4.90 Å². The summed E-state index contributed by atoms with van der Waals surface area (Å²) in [5.74, 6) is 0. The molecule has 0 aromatic rings. The summed E-state index contributed by atoms with van der Waals surface area (Å²) in [5, 5.41) is 0. The first-order chi connectivity index (χ1) is 4.66. The van der Waals surface area contributed by atoms with Gasteiger partial charge in [-0.05, 0) is 26.7 Å². The van der Waals surface area contributed by atoms with Crippen LogP contribution in [0.3, 0.4) is 0 Å². The molecule has 0 aliphatic carbocycles. The summed E-state index contributed by atoms with van der Waals surface area (Å²) in [6.45, 7) is 7.17. The van der Waals surface area contributed by atoms with Crippen LogP contribution in [0.4, 0.5) is 0 Å². The third-order valence-electron chi connectivity index (χ3n) is 2.48. The fourth-order valence-electron chi connectivity index (χ4n) is 1.30. The van der Waals surface area contributed by atoms with Crippen LogP contribution in [-0.2, 0) is 32.7 Å². The number of likely N-dealkylation sites (tertiary alicyclic amines) is 1. The van der Waals surface area contributed by atoms with Gasteiger partial charge in [0.25, 0.3) is 0 Å². The summed E-state index contributed by atoms with van der Waals surface area (Å²) >= 11 is 0. The Kier molecular flexibility index (Phi) is 26.0. The van der Waals surface area contributed by atoms with E-state index < -0.39 is 0 Å². The third-order valence-corrected chi connectivity index (χ3v) is 2.48. The van der Waals surface area contributed by atoms with Gasteiger partial charge in [0.15, 0.2) is 0 Å². The smallest absolute Gasteiger partial charge is 0 e. The molecular formula is C12H33N2Y-. The molecule has 3 heteroatoms. The quantitative estimate of drug-likeness (QED) is 0.753. The molecule has 0 amide bonds. The second-order valence-electron chi connectivity index (χ2n) is 3.51. The Hall–Kier alpha value is 1.02. The van der Waals surface area contributed by atoms with Crippen molar-refractivity contribution in [2.75, 3.05) is 26.7 Å². The molecular weight excluding hydrogens is 261 g/mol. The van der Waals surface area contributed by atoms with Crippen molar-refractivity contribution in [3.63, 3.8) is 0 Å². The zero-order valence-corrected chi connectivity index (χ0v) is 10.2. The average Bonchev–Trinajstić information content (AvgIpc) is 1.96. The van der Waals surface area contributed by atoms with Crippen molar-refractivity contribution < 1.29 is 32.7 Å². The van der Waals surface area contributed by atoms with E-state index in [1.807, 2.05) is 0 Å². The number of nitrogens with zero attached hydrogens (tertiary/aromatic N) is 1.